The van der Waals surface area contributed by atoms with E-state index in [-0.39, 0.29) is 18.8 Å². The Morgan fingerprint density at radius 3 is 2.35 bits per heavy atom. The third kappa shape index (κ3) is 6.26. The fourth-order valence-electron chi connectivity index (χ4n) is 3.78. The van der Waals surface area contributed by atoms with Crippen molar-refractivity contribution in [3.8, 4) is 5.75 Å². The molecule has 0 radical (unpaired) electrons. The van der Waals surface area contributed by atoms with Crippen molar-refractivity contribution in [1.29, 1.82) is 0 Å². The second-order valence-corrected chi connectivity index (χ2v) is 8.24. The van der Waals surface area contributed by atoms with Gasteiger partial charge in [0, 0.05) is 11.8 Å². The van der Waals surface area contributed by atoms with Gasteiger partial charge in [-0.1, -0.05) is 35.9 Å². The first-order valence-corrected chi connectivity index (χ1v) is 11.6. The van der Waals surface area contributed by atoms with Crippen LogP contribution in [0.5, 0.6) is 5.75 Å². The summed E-state index contributed by atoms with van der Waals surface area (Å²) in [6.45, 7) is 1.71. The molecule has 190 valence electrons. The predicted molar refractivity (Wildman–Crippen MR) is 136 cm³/mol. The van der Waals surface area contributed by atoms with Crippen molar-refractivity contribution in [3.05, 3.63) is 108 Å². The lowest BCUT2D eigenvalue weighted by Crippen LogP contribution is -2.47. The van der Waals surface area contributed by atoms with Gasteiger partial charge >= 0.3 is 0 Å². The van der Waals surface area contributed by atoms with E-state index in [1.54, 1.807) is 54.6 Å². The number of anilines is 1. The number of carbonyl (C=O) groups excluding carboxylic acids is 3. The van der Waals surface area contributed by atoms with Gasteiger partial charge in [-0.15, -0.1) is 0 Å². The summed E-state index contributed by atoms with van der Waals surface area (Å²) >= 11 is 0. The second-order valence-electron chi connectivity index (χ2n) is 8.24. The van der Waals surface area contributed by atoms with E-state index in [2.05, 4.69) is 10.6 Å². The molecule has 4 aromatic rings. The lowest BCUT2D eigenvalue weighted by Gasteiger charge is -2.32. The van der Waals surface area contributed by atoms with Crippen LogP contribution in [0.1, 0.15) is 33.5 Å². The zero-order chi connectivity index (χ0) is 26.2. The first kappa shape index (κ1) is 25.3. The summed E-state index contributed by atoms with van der Waals surface area (Å²) in [4.78, 5) is 41.1. The summed E-state index contributed by atoms with van der Waals surface area (Å²) in [5.74, 6) is -0.319. The molecule has 2 aromatic carbocycles. The molecule has 0 fully saturated rings. The Morgan fingerprint density at radius 2 is 1.68 bits per heavy atom. The third-order valence-corrected chi connectivity index (χ3v) is 5.66. The largest absolute Gasteiger partial charge is 0.497 e. The van der Waals surface area contributed by atoms with Gasteiger partial charge in [-0.25, -0.2) is 0 Å². The average Bonchev–Trinajstić information content (AvgIpc) is 3.64. The average molecular weight is 502 g/mol. The van der Waals surface area contributed by atoms with Crippen molar-refractivity contribution >= 4 is 23.4 Å². The van der Waals surface area contributed by atoms with E-state index in [9.17, 15) is 14.4 Å². The molecule has 4 rings (SSSR count). The molecule has 0 saturated carbocycles. The van der Waals surface area contributed by atoms with Gasteiger partial charge in [0.1, 0.15) is 17.6 Å². The maximum atomic E-state index is 13.7. The summed E-state index contributed by atoms with van der Waals surface area (Å²) < 4.78 is 15.8. The quantitative estimate of drug-likeness (QED) is 0.339. The molecule has 0 spiro atoms. The first-order chi connectivity index (χ1) is 18.0. The van der Waals surface area contributed by atoms with Crippen LogP contribution in [0.3, 0.4) is 0 Å². The summed E-state index contributed by atoms with van der Waals surface area (Å²) in [5.41, 5.74) is 2.02. The number of carbonyl (C=O) groups is 3. The first-order valence-electron chi connectivity index (χ1n) is 11.6. The molecule has 0 aliphatic heterocycles. The number of hydrogen-bond donors (Lipinski definition) is 2. The SMILES string of the molecule is COc1cccc(N(C(=O)CNC(=O)c2ccco2)[C@@H](C(=O)NCc2ccco2)c2ccc(C)cc2)c1. The van der Waals surface area contributed by atoms with Gasteiger partial charge in [0.15, 0.2) is 5.76 Å². The maximum Gasteiger partial charge on any atom is 0.287 e. The van der Waals surface area contributed by atoms with Crippen LogP contribution < -0.4 is 20.3 Å². The molecule has 1 atom stereocenters. The maximum absolute atomic E-state index is 13.7. The molecule has 3 amide bonds. The number of aryl methyl sites for hydroxylation is 1. The highest BCUT2D eigenvalue weighted by molar-refractivity contribution is 6.04. The Morgan fingerprint density at radius 1 is 0.919 bits per heavy atom. The molecule has 0 aliphatic rings. The van der Waals surface area contributed by atoms with Gasteiger partial charge in [-0.05, 0) is 48.9 Å². The third-order valence-electron chi connectivity index (χ3n) is 5.66. The van der Waals surface area contributed by atoms with Crippen LogP contribution in [0.15, 0.2) is 94.2 Å². The monoisotopic (exact) mass is 501 g/mol. The van der Waals surface area contributed by atoms with Crippen LogP contribution >= 0.6 is 0 Å². The van der Waals surface area contributed by atoms with E-state index in [0.29, 0.717) is 22.8 Å². The minimum absolute atomic E-state index is 0.0759. The highest BCUT2D eigenvalue weighted by Gasteiger charge is 2.33. The van der Waals surface area contributed by atoms with Gasteiger partial charge in [-0.3, -0.25) is 19.3 Å². The van der Waals surface area contributed by atoms with Crippen molar-refractivity contribution in [2.45, 2.75) is 19.5 Å². The molecule has 0 saturated heterocycles. The number of rotatable bonds is 10. The molecule has 9 heteroatoms. The summed E-state index contributed by atoms with van der Waals surface area (Å²) in [6.07, 6.45) is 2.89. The predicted octanol–water partition coefficient (Wildman–Crippen LogP) is 4.01. The summed E-state index contributed by atoms with van der Waals surface area (Å²) in [7, 11) is 1.52. The Kier molecular flexibility index (Phi) is 8.05. The van der Waals surface area contributed by atoms with E-state index in [0.717, 1.165) is 5.56 Å². The Hall–Kier alpha value is -4.79. The minimum atomic E-state index is -1.05. The standard InChI is InChI=1S/C28H27N3O6/c1-19-10-12-20(13-11-19)26(28(34)29-17-23-8-4-14-36-23)31(21-6-3-7-22(16-21)35-2)25(32)18-30-27(33)24-9-5-15-37-24/h3-16,26H,17-18H2,1-2H3,(H,29,34)(H,30,33)/t26-/m1/s1. The van der Waals surface area contributed by atoms with Crippen molar-refractivity contribution in [2.24, 2.45) is 0 Å². The van der Waals surface area contributed by atoms with Crippen molar-refractivity contribution in [2.75, 3.05) is 18.6 Å². The molecule has 0 unspecified atom stereocenters. The van der Waals surface area contributed by atoms with Crippen LogP contribution in [0.4, 0.5) is 5.69 Å². The molecular weight excluding hydrogens is 474 g/mol. The van der Waals surface area contributed by atoms with E-state index in [1.165, 1.54) is 30.6 Å². The number of nitrogens with one attached hydrogen (secondary N) is 2. The van der Waals surface area contributed by atoms with Gasteiger partial charge in [0.25, 0.3) is 5.91 Å². The molecule has 37 heavy (non-hydrogen) atoms. The van der Waals surface area contributed by atoms with E-state index in [4.69, 9.17) is 13.6 Å². The van der Waals surface area contributed by atoms with E-state index >= 15 is 0 Å². The lowest BCUT2D eigenvalue weighted by atomic mass is 10.0. The number of benzene rings is 2. The van der Waals surface area contributed by atoms with Crippen molar-refractivity contribution in [3.63, 3.8) is 0 Å². The zero-order valence-corrected chi connectivity index (χ0v) is 20.5. The smallest absolute Gasteiger partial charge is 0.287 e. The normalized spacial score (nSPS) is 11.4. The van der Waals surface area contributed by atoms with E-state index < -0.39 is 23.8 Å². The number of ether oxygens (including phenoxy) is 1. The molecule has 9 nitrogen and oxygen atoms in total. The van der Waals surface area contributed by atoms with Crippen LogP contribution in [0, 0.1) is 6.92 Å². The number of hydrogen-bond acceptors (Lipinski definition) is 6. The molecular formula is C28H27N3O6. The van der Waals surface area contributed by atoms with Crippen LogP contribution in [0.25, 0.3) is 0 Å². The topological polar surface area (TPSA) is 114 Å². The number of amides is 3. The Bertz CT molecular complexity index is 1330. The summed E-state index contributed by atoms with van der Waals surface area (Å²) in [5, 5.41) is 5.43. The van der Waals surface area contributed by atoms with E-state index in [1.807, 2.05) is 19.1 Å². The van der Waals surface area contributed by atoms with Crippen molar-refractivity contribution < 1.29 is 28.0 Å². The molecule has 0 aliphatic carbocycles. The second kappa shape index (κ2) is 11.8. The Labute approximate surface area is 214 Å². The Balaban J connectivity index is 1.69. The highest BCUT2D eigenvalue weighted by Crippen LogP contribution is 2.31. The fraction of sp³-hybridized carbons (Fsp3) is 0.179. The molecule has 2 heterocycles. The van der Waals surface area contributed by atoms with Crippen LogP contribution in [-0.4, -0.2) is 31.4 Å². The summed E-state index contributed by atoms with van der Waals surface area (Å²) in [6, 6.07) is 19.7. The molecule has 0 bridgehead atoms. The van der Waals surface area contributed by atoms with Gasteiger partial charge in [-0.2, -0.15) is 0 Å². The van der Waals surface area contributed by atoms with Gasteiger partial charge < -0.3 is 24.2 Å². The van der Waals surface area contributed by atoms with Crippen LogP contribution in [0.2, 0.25) is 0 Å². The zero-order valence-electron chi connectivity index (χ0n) is 20.5. The number of furan rings is 2. The fourth-order valence-corrected chi connectivity index (χ4v) is 3.78. The minimum Gasteiger partial charge on any atom is -0.497 e. The van der Waals surface area contributed by atoms with Gasteiger partial charge in [0.2, 0.25) is 11.8 Å². The number of methoxy groups -OCH3 is 1. The molecule has 2 aromatic heterocycles. The highest BCUT2D eigenvalue weighted by atomic mass is 16.5. The van der Waals surface area contributed by atoms with Crippen LogP contribution in [-0.2, 0) is 16.1 Å². The number of nitrogens with zero attached hydrogens (tertiary/aromatic N) is 1. The lowest BCUT2D eigenvalue weighted by molar-refractivity contribution is -0.126. The van der Waals surface area contributed by atoms with Gasteiger partial charge in [0.05, 0.1) is 32.7 Å². The molecule has 2 N–H and O–H groups in total. The van der Waals surface area contributed by atoms with Crippen molar-refractivity contribution in [1.82, 2.24) is 10.6 Å².